The van der Waals surface area contributed by atoms with Crippen LogP contribution < -0.4 is 0 Å². The number of rotatable bonds is 2. The highest BCUT2D eigenvalue weighted by Gasteiger charge is 2.33. The van der Waals surface area contributed by atoms with Crippen molar-refractivity contribution in [3.8, 4) is 0 Å². The van der Waals surface area contributed by atoms with Crippen LogP contribution in [0.4, 0.5) is 0 Å². The number of nitrogens with zero attached hydrogens (tertiary/aromatic N) is 1. The van der Waals surface area contributed by atoms with Crippen LogP contribution in [0.15, 0.2) is 12.3 Å². The number of ether oxygens (including phenoxy) is 1. The maximum atomic E-state index is 11.0. The molecule has 0 spiro atoms. The monoisotopic (exact) mass is 209 g/mol. The molecule has 2 aliphatic rings. The smallest absolute Gasteiger partial charge is 0.331 e. The first-order valence-electron chi connectivity index (χ1n) is 5.83. The van der Waals surface area contributed by atoms with Crippen molar-refractivity contribution in [3.05, 3.63) is 12.3 Å². The summed E-state index contributed by atoms with van der Waals surface area (Å²) in [5, 5.41) is 0. The summed E-state index contributed by atoms with van der Waals surface area (Å²) in [6, 6.07) is 0.680. The van der Waals surface area contributed by atoms with E-state index in [-0.39, 0.29) is 5.97 Å². The Morgan fingerprint density at radius 3 is 2.93 bits per heavy atom. The van der Waals surface area contributed by atoms with Crippen LogP contribution in [0.2, 0.25) is 0 Å². The number of esters is 1. The van der Waals surface area contributed by atoms with Gasteiger partial charge in [-0.3, -0.25) is 0 Å². The number of fused-ring (bicyclic) bond motifs is 1. The molecular formula is C12H19NO2. The lowest BCUT2D eigenvalue weighted by Crippen LogP contribution is -2.31. The summed E-state index contributed by atoms with van der Waals surface area (Å²) in [6.07, 6.45) is 10.1. The molecule has 3 heteroatoms. The van der Waals surface area contributed by atoms with Gasteiger partial charge in [0.25, 0.3) is 0 Å². The van der Waals surface area contributed by atoms with Gasteiger partial charge in [-0.25, -0.2) is 4.79 Å². The normalized spacial score (nSPS) is 30.6. The standard InChI is InChI=1S/C12H19NO2/c1-15-12(14)7-9-13-8-6-10-4-2-3-5-11(10)13/h7,9-11H,2-6,8H2,1H3/b9-7+. The molecule has 0 N–H and O–H groups in total. The van der Waals surface area contributed by atoms with Crippen molar-refractivity contribution in [2.24, 2.45) is 5.92 Å². The lowest BCUT2D eigenvalue weighted by atomic mass is 9.85. The van der Waals surface area contributed by atoms with E-state index < -0.39 is 0 Å². The molecule has 1 heterocycles. The van der Waals surface area contributed by atoms with E-state index in [1.54, 1.807) is 0 Å². The summed E-state index contributed by atoms with van der Waals surface area (Å²) in [4.78, 5) is 13.3. The van der Waals surface area contributed by atoms with Crippen LogP contribution in [0.5, 0.6) is 0 Å². The highest BCUT2D eigenvalue weighted by Crippen LogP contribution is 2.36. The van der Waals surface area contributed by atoms with Crippen molar-refractivity contribution in [2.75, 3.05) is 13.7 Å². The van der Waals surface area contributed by atoms with Gasteiger partial charge >= 0.3 is 5.97 Å². The SMILES string of the molecule is COC(=O)/C=C/N1CCC2CCCCC21. The summed E-state index contributed by atoms with van der Waals surface area (Å²) in [5.74, 6) is 0.607. The van der Waals surface area contributed by atoms with E-state index >= 15 is 0 Å². The highest BCUT2D eigenvalue weighted by atomic mass is 16.5. The lowest BCUT2D eigenvalue weighted by molar-refractivity contribution is -0.134. The first kappa shape index (κ1) is 10.5. The van der Waals surface area contributed by atoms with Gasteiger partial charge in [0.15, 0.2) is 0 Å². The Hall–Kier alpha value is -0.990. The zero-order chi connectivity index (χ0) is 10.7. The number of hydrogen-bond donors (Lipinski definition) is 0. The van der Waals surface area contributed by atoms with Crippen molar-refractivity contribution in [2.45, 2.75) is 38.1 Å². The predicted octanol–water partition coefficient (Wildman–Crippen LogP) is 1.94. The third kappa shape index (κ3) is 2.33. The van der Waals surface area contributed by atoms with Crippen molar-refractivity contribution in [1.82, 2.24) is 4.90 Å². The van der Waals surface area contributed by atoms with Gasteiger partial charge in [0.05, 0.1) is 7.11 Å². The van der Waals surface area contributed by atoms with Gasteiger partial charge < -0.3 is 9.64 Å². The summed E-state index contributed by atoms with van der Waals surface area (Å²) in [7, 11) is 1.42. The maximum Gasteiger partial charge on any atom is 0.331 e. The fourth-order valence-electron chi connectivity index (χ4n) is 2.85. The van der Waals surface area contributed by atoms with Crippen LogP contribution in [0.25, 0.3) is 0 Å². The molecule has 15 heavy (non-hydrogen) atoms. The average molecular weight is 209 g/mol. The summed E-state index contributed by atoms with van der Waals surface area (Å²) < 4.78 is 4.59. The summed E-state index contributed by atoms with van der Waals surface area (Å²) >= 11 is 0. The van der Waals surface area contributed by atoms with Gasteiger partial charge in [0.1, 0.15) is 0 Å². The Labute approximate surface area is 91.1 Å². The molecule has 84 valence electrons. The first-order chi connectivity index (χ1) is 7.31. The van der Waals surface area contributed by atoms with Crippen LogP contribution in [-0.4, -0.2) is 30.6 Å². The number of methoxy groups -OCH3 is 1. The summed E-state index contributed by atoms with van der Waals surface area (Å²) in [6.45, 7) is 1.10. The Morgan fingerprint density at radius 1 is 1.33 bits per heavy atom. The molecule has 1 saturated heterocycles. The van der Waals surface area contributed by atoms with Crippen LogP contribution in [0.3, 0.4) is 0 Å². The predicted molar refractivity (Wildman–Crippen MR) is 58.2 cm³/mol. The van der Waals surface area contributed by atoms with E-state index in [9.17, 15) is 4.79 Å². The molecule has 0 radical (unpaired) electrons. The van der Waals surface area contributed by atoms with E-state index in [1.165, 1.54) is 45.3 Å². The molecule has 0 amide bonds. The molecule has 2 unspecified atom stereocenters. The van der Waals surface area contributed by atoms with Gasteiger partial charge in [0, 0.05) is 24.9 Å². The topological polar surface area (TPSA) is 29.5 Å². The number of carbonyl (C=O) groups excluding carboxylic acids is 1. The Balaban J connectivity index is 1.93. The quantitative estimate of drug-likeness (QED) is 0.514. The second-order valence-corrected chi connectivity index (χ2v) is 4.48. The Morgan fingerprint density at radius 2 is 2.13 bits per heavy atom. The van der Waals surface area contributed by atoms with Crippen molar-refractivity contribution in [1.29, 1.82) is 0 Å². The fraction of sp³-hybridized carbons (Fsp3) is 0.750. The molecule has 0 aromatic carbocycles. The summed E-state index contributed by atoms with van der Waals surface area (Å²) in [5.41, 5.74) is 0. The van der Waals surface area contributed by atoms with Crippen molar-refractivity contribution in [3.63, 3.8) is 0 Å². The molecular weight excluding hydrogens is 190 g/mol. The zero-order valence-electron chi connectivity index (χ0n) is 9.32. The molecule has 2 atom stereocenters. The van der Waals surface area contributed by atoms with E-state index in [0.717, 1.165) is 12.5 Å². The molecule has 2 fully saturated rings. The molecule has 0 bridgehead atoms. The third-order valence-electron chi connectivity index (χ3n) is 3.66. The molecule has 2 rings (SSSR count). The van der Waals surface area contributed by atoms with Crippen LogP contribution in [-0.2, 0) is 9.53 Å². The molecule has 1 aliphatic heterocycles. The van der Waals surface area contributed by atoms with Gasteiger partial charge in [-0.15, -0.1) is 0 Å². The number of hydrogen-bond acceptors (Lipinski definition) is 3. The van der Waals surface area contributed by atoms with Crippen molar-refractivity contribution < 1.29 is 9.53 Å². The minimum atomic E-state index is -0.255. The minimum Gasteiger partial charge on any atom is -0.466 e. The van der Waals surface area contributed by atoms with Gasteiger partial charge in [-0.2, -0.15) is 0 Å². The van der Waals surface area contributed by atoms with Crippen molar-refractivity contribution >= 4 is 5.97 Å². The largest absolute Gasteiger partial charge is 0.466 e. The third-order valence-corrected chi connectivity index (χ3v) is 3.66. The number of likely N-dealkylation sites (tertiary alicyclic amines) is 1. The second-order valence-electron chi connectivity index (χ2n) is 4.48. The van der Waals surface area contributed by atoms with Gasteiger partial charge in [0.2, 0.25) is 0 Å². The molecule has 1 saturated carbocycles. The zero-order valence-corrected chi connectivity index (χ0v) is 9.32. The average Bonchev–Trinajstić information content (AvgIpc) is 2.69. The Kier molecular flexibility index (Phi) is 3.29. The van der Waals surface area contributed by atoms with Gasteiger partial charge in [-0.05, 0) is 25.2 Å². The maximum absolute atomic E-state index is 11.0. The van der Waals surface area contributed by atoms with Crippen LogP contribution >= 0.6 is 0 Å². The lowest BCUT2D eigenvalue weighted by Gasteiger charge is -2.30. The first-order valence-corrected chi connectivity index (χ1v) is 5.83. The molecule has 0 aromatic rings. The minimum absolute atomic E-state index is 0.255. The van der Waals surface area contributed by atoms with E-state index in [2.05, 4.69) is 9.64 Å². The second kappa shape index (κ2) is 4.69. The molecule has 1 aliphatic carbocycles. The Bertz CT molecular complexity index is 262. The highest BCUT2D eigenvalue weighted by molar-refractivity contribution is 5.81. The fourth-order valence-corrected chi connectivity index (χ4v) is 2.85. The van der Waals surface area contributed by atoms with E-state index in [4.69, 9.17) is 0 Å². The van der Waals surface area contributed by atoms with Crippen LogP contribution in [0, 0.1) is 5.92 Å². The molecule has 3 nitrogen and oxygen atoms in total. The van der Waals surface area contributed by atoms with Gasteiger partial charge in [-0.1, -0.05) is 12.8 Å². The molecule has 0 aromatic heterocycles. The van der Waals surface area contributed by atoms with Crippen LogP contribution in [0.1, 0.15) is 32.1 Å². The van der Waals surface area contributed by atoms with E-state index in [1.807, 2.05) is 6.20 Å². The number of carbonyl (C=O) groups is 1. The van der Waals surface area contributed by atoms with E-state index in [0.29, 0.717) is 6.04 Å².